The highest BCUT2D eigenvalue weighted by molar-refractivity contribution is 6.30. The van der Waals surface area contributed by atoms with Crippen LogP contribution in [0.4, 0.5) is 0 Å². The summed E-state index contributed by atoms with van der Waals surface area (Å²) in [5.74, 6) is 0.532. The number of carbonyl (C=O) groups is 1. The average Bonchev–Trinajstić information content (AvgIpc) is 2.58. The number of rotatable bonds is 8. The molecule has 0 unspecified atom stereocenters. The van der Waals surface area contributed by atoms with Crippen molar-refractivity contribution in [3.05, 3.63) is 29.3 Å². The van der Waals surface area contributed by atoms with E-state index in [-0.39, 0.29) is 5.91 Å². The van der Waals surface area contributed by atoms with Gasteiger partial charge in [-0.25, -0.2) is 0 Å². The van der Waals surface area contributed by atoms with Gasteiger partial charge in [-0.3, -0.25) is 4.79 Å². The fraction of sp³-hybridized carbons (Fsp3) is 0.632. The van der Waals surface area contributed by atoms with Gasteiger partial charge in [0.25, 0.3) is 5.91 Å². The Hall–Kier alpha value is -1.26. The number of benzene rings is 1. The topological polar surface area (TPSA) is 41.6 Å². The van der Waals surface area contributed by atoms with Crippen molar-refractivity contribution in [1.82, 2.24) is 10.2 Å². The van der Waals surface area contributed by atoms with Gasteiger partial charge in [-0.1, -0.05) is 31.0 Å². The lowest BCUT2D eigenvalue weighted by Crippen LogP contribution is -2.41. The molecule has 5 heteroatoms. The molecule has 1 heterocycles. The van der Waals surface area contributed by atoms with Gasteiger partial charge in [0.1, 0.15) is 5.75 Å². The molecule has 1 aliphatic rings. The summed E-state index contributed by atoms with van der Waals surface area (Å²) >= 11 is 5.92. The van der Waals surface area contributed by atoms with E-state index in [4.69, 9.17) is 16.3 Å². The van der Waals surface area contributed by atoms with Gasteiger partial charge in [-0.15, -0.1) is 0 Å². The fourth-order valence-corrected chi connectivity index (χ4v) is 3.43. The number of halogens is 1. The number of hydrogen-bond donors (Lipinski definition) is 1. The summed E-state index contributed by atoms with van der Waals surface area (Å²) in [6, 6.07) is 7.83. The summed E-state index contributed by atoms with van der Waals surface area (Å²) in [5.41, 5.74) is 0. The first-order valence-electron chi connectivity index (χ1n) is 9.04. The third kappa shape index (κ3) is 5.99. The van der Waals surface area contributed by atoms with E-state index in [2.05, 4.69) is 17.1 Å². The second kappa shape index (κ2) is 9.90. The van der Waals surface area contributed by atoms with E-state index in [1.807, 2.05) is 6.07 Å². The number of amides is 1. The second-order valence-corrected chi connectivity index (χ2v) is 6.89. The Bertz CT molecular complexity index is 524. The number of carbonyl (C=O) groups excluding carboxylic acids is 1. The molecule has 134 valence electrons. The zero-order valence-corrected chi connectivity index (χ0v) is 15.5. The predicted octanol–water partition coefficient (Wildman–Crippen LogP) is 3.88. The van der Waals surface area contributed by atoms with Gasteiger partial charge < -0.3 is 15.0 Å². The summed E-state index contributed by atoms with van der Waals surface area (Å²) in [5, 5.41) is 3.57. The maximum absolute atomic E-state index is 12.1. The first-order chi connectivity index (χ1) is 11.6. The normalized spacial score (nSPS) is 19.7. The molecular formula is C19H29ClN2O2. The minimum Gasteiger partial charge on any atom is -0.481 e. The Morgan fingerprint density at radius 2 is 2.29 bits per heavy atom. The third-order valence-electron chi connectivity index (χ3n) is 4.62. The van der Waals surface area contributed by atoms with Crippen LogP contribution in [0, 0.1) is 0 Å². The molecule has 0 bridgehead atoms. The molecule has 0 aromatic heterocycles. The Labute approximate surface area is 150 Å². The van der Waals surface area contributed by atoms with E-state index in [9.17, 15) is 4.79 Å². The van der Waals surface area contributed by atoms with Gasteiger partial charge in [0.2, 0.25) is 0 Å². The monoisotopic (exact) mass is 352 g/mol. The molecule has 0 radical (unpaired) electrons. The van der Waals surface area contributed by atoms with Crippen LogP contribution in [0.1, 0.15) is 46.0 Å². The van der Waals surface area contributed by atoms with Crippen LogP contribution in [-0.2, 0) is 4.79 Å². The molecule has 1 aliphatic heterocycles. The maximum Gasteiger partial charge on any atom is 0.260 e. The van der Waals surface area contributed by atoms with Crippen LogP contribution in [0.2, 0.25) is 5.02 Å². The molecule has 0 spiro atoms. The van der Waals surface area contributed by atoms with Crippen LogP contribution in [0.5, 0.6) is 5.75 Å². The summed E-state index contributed by atoms with van der Waals surface area (Å²) in [7, 11) is 0. The van der Waals surface area contributed by atoms with E-state index < -0.39 is 6.10 Å². The Balaban J connectivity index is 1.67. The van der Waals surface area contributed by atoms with Crippen LogP contribution in [0.25, 0.3) is 0 Å². The van der Waals surface area contributed by atoms with Gasteiger partial charge in [-0.2, -0.15) is 0 Å². The fourth-order valence-electron chi connectivity index (χ4n) is 3.25. The van der Waals surface area contributed by atoms with Gasteiger partial charge in [0.05, 0.1) is 0 Å². The molecular weight excluding hydrogens is 324 g/mol. The Morgan fingerprint density at radius 3 is 3.04 bits per heavy atom. The van der Waals surface area contributed by atoms with E-state index in [1.165, 1.54) is 32.2 Å². The summed E-state index contributed by atoms with van der Waals surface area (Å²) in [6.45, 7) is 6.96. The van der Waals surface area contributed by atoms with E-state index in [0.717, 1.165) is 19.0 Å². The third-order valence-corrected chi connectivity index (χ3v) is 4.85. The molecule has 1 fully saturated rings. The minimum atomic E-state index is -0.526. The number of likely N-dealkylation sites (tertiary alicyclic amines) is 1. The zero-order chi connectivity index (χ0) is 17.4. The first kappa shape index (κ1) is 19.1. The summed E-state index contributed by atoms with van der Waals surface area (Å²) in [6.07, 6.45) is 5.63. The number of ether oxygens (including phenoxy) is 1. The lowest BCUT2D eigenvalue weighted by atomic mass is 10.00. The molecule has 24 heavy (non-hydrogen) atoms. The number of piperidine rings is 1. The number of hydrogen-bond acceptors (Lipinski definition) is 3. The molecule has 0 aliphatic carbocycles. The van der Waals surface area contributed by atoms with Crippen LogP contribution < -0.4 is 10.1 Å². The molecule has 1 aromatic carbocycles. The summed E-state index contributed by atoms with van der Waals surface area (Å²) in [4.78, 5) is 14.7. The molecule has 1 amide bonds. The maximum atomic E-state index is 12.1. The van der Waals surface area contributed by atoms with Crippen LogP contribution >= 0.6 is 11.6 Å². The average molecular weight is 353 g/mol. The van der Waals surface area contributed by atoms with E-state index in [1.54, 1.807) is 25.1 Å². The van der Waals surface area contributed by atoms with Gasteiger partial charge in [0, 0.05) is 24.2 Å². The smallest absolute Gasteiger partial charge is 0.260 e. The lowest BCUT2D eigenvalue weighted by molar-refractivity contribution is -0.127. The lowest BCUT2D eigenvalue weighted by Gasteiger charge is -2.35. The van der Waals surface area contributed by atoms with Crippen molar-refractivity contribution in [2.75, 3.05) is 19.6 Å². The summed E-state index contributed by atoms with van der Waals surface area (Å²) < 4.78 is 5.63. The van der Waals surface area contributed by atoms with Crippen molar-refractivity contribution in [3.63, 3.8) is 0 Å². The minimum absolute atomic E-state index is 0.0827. The Morgan fingerprint density at radius 1 is 1.46 bits per heavy atom. The molecule has 1 saturated heterocycles. The Kier molecular flexibility index (Phi) is 7.86. The zero-order valence-electron chi connectivity index (χ0n) is 14.8. The number of nitrogens with one attached hydrogen (secondary N) is 1. The largest absolute Gasteiger partial charge is 0.481 e. The van der Waals surface area contributed by atoms with Gasteiger partial charge >= 0.3 is 0 Å². The van der Waals surface area contributed by atoms with E-state index in [0.29, 0.717) is 17.3 Å². The molecule has 1 aromatic rings. The van der Waals surface area contributed by atoms with Crippen molar-refractivity contribution in [2.45, 2.75) is 58.1 Å². The quantitative estimate of drug-likeness (QED) is 0.722. The molecule has 2 atom stereocenters. The SMILES string of the molecule is CC[C@H]1CCCCN1CCCNC(=O)[C@@H](C)Oc1cccc(Cl)c1. The van der Waals surface area contributed by atoms with Crippen molar-refractivity contribution in [2.24, 2.45) is 0 Å². The van der Waals surface area contributed by atoms with Crippen LogP contribution in [0.3, 0.4) is 0 Å². The van der Waals surface area contributed by atoms with Gasteiger partial charge in [0.15, 0.2) is 6.10 Å². The highest BCUT2D eigenvalue weighted by Gasteiger charge is 2.20. The van der Waals surface area contributed by atoms with Crippen molar-refractivity contribution in [1.29, 1.82) is 0 Å². The first-order valence-corrected chi connectivity index (χ1v) is 9.42. The van der Waals surface area contributed by atoms with Crippen molar-refractivity contribution in [3.8, 4) is 5.75 Å². The second-order valence-electron chi connectivity index (χ2n) is 6.46. The highest BCUT2D eigenvalue weighted by Crippen LogP contribution is 2.19. The van der Waals surface area contributed by atoms with E-state index >= 15 is 0 Å². The van der Waals surface area contributed by atoms with Gasteiger partial charge in [-0.05, 0) is 57.4 Å². The van der Waals surface area contributed by atoms with Crippen molar-refractivity contribution < 1.29 is 9.53 Å². The molecule has 4 nitrogen and oxygen atoms in total. The van der Waals surface area contributed by atoms with Crippen molar-refractivity contribution >= 4 is 17.5 Å². The molecule has 1 N–H and O–H groups in total. The van der Waals surface area contributed by atoms with Crippen LogP contribution in [-0.4, -0.2) is 42.6 Å². The molecule has 2 rings (SSSR count). The molecule has 0 saturated carbocycles. The number of nitrogens with zero attached hydrogens (tertiary/aromatic N) is 1. The highest BCUT2D eigenvalue weighted by atomic mass is 35.5. The van der Waals surface area contributed by atoms with Crippen LogP contribution in [0.15, 0.2) is 24.3 Å². The predicted molar refractivity (Wildman–Crippen MR) is 98.7 cm³/mol. The standard InChI is InChI=1S/C19H29ClN2O2/c1-3-17-9-4-5-12-22(17)13-7-11-21-19(23)15(2)24-18-10-6-8-16(20)14-18/h6,8,10,14-15,17H,3-5,7,9,11-13H2,1-2H3,(H,21,23)/t15-,17+/m1/s1.